The van der Waals surface area contributed by atoms with Crippen molar-refractivity contribution in [1.82, 2.24) is 0 Å². The first-order valence-electron chi connectivity index (χ1n) is 6.14. The van der Waals surface area contributed by atoms with Crippen LogP contribution >= 0.6 is 0 Å². The van der Waals surface area contributed by atoms with Crippen LogP contribution in [-0.2, 0) is 6.42 Å². The van der Waals surface area contributed by atoms with E-state index in [0.29, 0.717) is 12.0 Å². The van der Waals surface area contributed by atoms with Crippen molar-refractivity contribution >= 4 is 0 Å². The van der Waals surface area contributed by atoms with Gasteiger partial charge in [0.1, 0.15) is 5.82 Å². The van der Waals surface area contributed by atoms with E-state index in [9.17, 15) is 4.39 Å². The summed E-state index contributed by atoms with van der Waals surface area (Å²) in [6.07, 6.45) is 0.666. The van der Waals surface area contributed by atoms with Gasteiger partial charge in [-0.1, -0.05) is 36.4 Å². The van der Waals surface area contributed by atoms with Crippen LogP contribution in [0.15, 0.2) is 42.5 Å². The van der Waals surface area contributed by atoms with E-state index in [1.165, 1.54) is 22.8 Å². The second-order valence-corrected chi connectivity index (χ2v) is 4.70. The van der Waals surface area contributed by atoms with Gasteiger partial charge < -0.3 is 5.73 Å². The molecule has 0 saturated heterocycles. The van der Waals surface area contributed by atoms with Crippen molar-refractivity contribution < 1.29 is 4.39 Å². The molecular weight excluding hydrogens is 225 g/mol. The Morgan fingerprint density at radius 2 is 1.61 bits per heavy atom. The van der Waals surface area contributed by atoms with Crippen LogP contribution in [0.2, 0.25) is 0 Å². The number of nitrogens with two attached hydrogens (primary N) is 1. The molecular formula is C16H18FN. The third-order valence-electron chi connectivity index (χ3n) is 3.37. The zero-order valence-corrected chi connectivity index (χ0v) is 10.8. The highest BCUT2D eigenvalue weighted by molar-refractivity contribution is 5.35. The maximum atomic E-state index is 13.7. The zero-order valence-electron chi connectivity index (χ0n) is 10.8. The molecule has 1 nitrogen and oxygen atoms in total. The fourth-order valence-corrected chi connectivity index (χ4v) is 2.28. The summed E-state index contributed by atoms with van der Waals surface area (Å²) in [7, 11) is 0. The molecule has 0 radical (unpaired) electrons. The van der Waals surface area contributed by atoms with Gasteiger partial charge in [0.25, 0.3) is 0 Å². The number of aryl methyl sites for hydroxylation is 2. The molecule has 0 aliphatic rings. The smallest absolute Gasteiger partial charge is 0.127 e. The first kappa shape index (κ1) is 12.8. The molecule has 0 spiro atoms. The summed E-state index contributed by atoms with van der Waals surface area (Å²) in [5.74, 6) is -0.226. The Labute approximate surface area is 107 Å². The predicted octanol–water partition coefficient (Wildman–Crippen LogP) is 3.69. The SMILES string of the molecule is Cc1cccc(C)c1CC(N)c1ccccc1F. The van der Waals surface area contributed by atoms with Crippen molar-refractivity contribution in [3.05, 3.63) is 70.5 Å². The molecule has 0 saturated carbocycles. The lowest BCUT2D eigenvalue weighted by atomic mass is 9.93. The lowest BCUT2D eigenvalue weighted by Crippen LogP contribution is -2.16. The largest absolute Gasteiger partial charge is 0.324 e. The van der Waals surface area contributed by atoms with Crippen LogP contribution < -0.4 is 5.73 Å². The van der Waals surface area contributed by atoms with Gasteiger partial charge in [0.15, 0.2) is 0 Å². The Morgan fingerprint density at radius 1 is 1.00 bits per heavy atom. The highest BCUT2D eigenvalue weighted by Gasteiger charge is 2.13. The van der Waals surface area contributed by atoms with E-state index >= 15 is 0 Å². The molecule has 2 heteroatoms. The fraction of sp³-hybridized carbons (Fsp3) is 0.250. The second-order valence-electron chi connectivity index (χ2n) is 4.70. The fourth-order valence-electron chi connectivity index (χ4n) is 2.28. The van der Waals surface area contributed by atoms with Crippen molar-refractivity contribution in [1.29, 1.82) is 0 Å². The van der Waals surface area contributed by atoms with Crippen molar-refractivity contribution in [2.75, 3.05) is 0 Å². The van der Waals surface area contributed by atoms with Crippen molar-refractivity contribution in [3.63, 3.8) is 0 Å². The van der Waals surface area contributed by atoms with E-state index in [-0.39, 0.29) is 11.9 Å². The number of halogens is 1. The van der Waals surface area contributed by atoms with Gasteiger partial charge in [-0.2, -0.15) is 0 Å². The minimum absolute atomic E-state index is 0.226. The summed E-state index contributed by atoms with van der Waals surface area (Å²) in [5.41, 5.74) is 10.3. The van der Waals surface area contributed by atoms with Crippen LogP contribution in [0.5, 0.6) is 0 Å². The number of hydrogen-bond acceptors (Lipinski definition) is 1. The Hall–Kier alpha value is -1.67. The molecule has 0 fully saturated rings. The Bertz CT molecular complexity index is 528. The Morgan fingerprint density at radius 3 is 2.22 bits per heavy atom. The molecule has 2 N–H and O–H groups in total. The molecule has 2 aromatic carbocycles. The third-order valence-corrected chi connectivity index (χ3v) is 3.37. The monoisotopic (exact) mass is 243 g/mol. The molecule has 1 atom stereocenters. The van der Waals surface area contributed by atoms with Gasteiger partial charge in [-0.05, 0) is 43.0 Å². The van der Waals surface area contributed by atoms with E-state index in [1.807, 2.05) is 12.1 Å². The van der Waals surface area contributed by atoms with Crippen molar-refractivity contribution in [2.24, 2.45) is 5.73 Å². The molecule has 0 heterocycles. The summed E-state index contributed by atoms with van der Waals surface area (Å²) >= 11 is 0. The average molecular weight is 243 g/mol. The molecule has 0 aliphatic heterocycles. The van der Waals surface area contributed by atoms with Gasteiger partial charge in [0, 0.05) is 11.6 Å². The summed E-state index contributed by atoms with van der Waals surface area (Å²) < 4.78 is 13.7. The van der Waals surface area contributed by atoms with E-state index in [1.54, 1.807) is 12.1 Å². The minimum atomic E-state index is -0.300. The van der Waals surface area contributed by atoms with Gasteiger partial charge in [-0.15, -0.1) is 0 Å². The highest BCUT2D eigenvalue weighted by atomic mass is 19.1. The van der Waals surface area contributed by atoms with Crippen LogP contribution in [0.4, 0.5) is 4.39 Å². The lowest BCUT2D eigenvalue weighted by Gasteiger charge is -2.16. The van der Waals surface area contributed by atoms with Gasteiger partial charge in [-0.3, -0.25) is 0 Å². The van der Waals surface area contributed by atoms with Crippen LogP contribution in [-0.4, -0.2) is 0 Å². The molecule has 0 aromatic heterocycles. The summed E-state index contributed by atoms with van der Waals surface area (Å²) in [6, 6.07) is 12.6. The first-order chi connectivity index (χ1) is 8.59. The van der Waals surface area contributed by atoms with Gasteiger partial charge in [0.2, 0.25) is 0 Å². The van der Waals surface area contributed by atoms with Gasteiger partial charge in [-0.25, -0.2) is 4.39 Å². The lowest BCUT2D eigenvalue weighted by molar-refractivity contribution is 0.579. The Balaban J connectivity index is 2.27. The highest BCUT2D eigenvalue weighted by Crippen LogP contribution is 2.22. The van der Waals surface area contributed by atoms with Crippen LogP contribution in [0.3, 0.4) is 0 Å². The third kappa shape index (κ3) is 2.59. The molecule has 2 aromatic rings. The van der Waals surface area contributed by atoms with Crippen LogP contribution in [0, 0.1) is 19.7 Å². The average Bonchev–Trinajstić information content (AvgIpc) is 2.34. The Kier molecular flexibility index (Phi) is 3.78. The van der Waals surface area contributed by atoms with E-state index < -0.39 is 0 Å². The van der Waals surface area contributed by atoms with E-state index in [2.05, 4.69) is 26.0 Å². The maximum absolute atomic E-state index is 13.7. The van der Waals surface area contributed by atoms with Crippen LogP contribution in [0.1, 0.15) is 28.3 Å². The molecule has 0 bridgehead atoms. The standard InChI is InChI=1S/C16H18FN/c1-11-6-5-7-12(2)14(11)10-16(18)13-8-3-4-9-15(13)17/h3-9,16H,10,18H2,1-2H3. The van der Waals surface area contributed by atoms with E-state index in [4.69, 9.17) is 5.73 Å². The normalized spacial score (nSPS) is 12.4. The first-order valence-corrected chi connectivity index (χ1v) is 6.14. The molecule has 2 rings (SSSR count). The van der Waals surface area contributed by atoms with E-state index in [0.717, 1.165) is 0 Å². The summed E-state index contributed by atoms with van der Waals surface area (Å²) in [5, 5.41) is 0. The van der Waals surface area contributed by atoms with Crippen molar-refractivity contribution in [3.8, 4) is 0 Å². The maximum Gasteiger partial charge on any atom is 0.127 e. The zero-order chi connectivity index (χ0) is 13.1. The molecule has 94 valence electrons. The predicted molar refractivity (Wildman–Crippen MR) is 72.9 cm³/mol. The number of hydrogen-bond donors (Lipinski definition) is 1. The molecule has 1 unspecified atom stereocenters. The molecule has 0 aliphatic carbocycles. The minimum Gasteiger partial charge on any atom is -0.324 e. The van der Waals surface area contributed by atoms with Gasteiger partial charge >= 0.3 is 0 Å². The topological polar surface area (TPSA) is 26.0 Å². The van der Waals surface area contributed by atoms with Crippen LogP contribution in [0.25, 0.3) is 0 Å². The second kappa shape index (κ2) is 5.32. The molecule has 0 amide bonds. The quantitative estimate of drug-likeness (QED) is 0.874. The van der Waals surface area contributed by atoms with Gasteiger partial charge in [0.05, 0.1) is 0 Å². The molecule has 18 heavy (non-hydrogen) atoms. The van der Waals surface area contributed by atoms with Crippen molar-refractivity contribution in [2.45, 2.75) is 26.3 Å². The number of benzene rings is 2. The summed E-state index contributed by atoms with van der Waals surface area (Å²) in [6.45, 7) is 4.13. The summed E-state index contributed by atoms with van der Waals surface area (Å²) in [4.78, 5) is 0. The number of rotatable bonds is 3.